The molecule has 0 spiro atoms. The number of carbonyl (C=O) groups is 1. The van der Waals surface area contributed by atoms with E-state index in [0.29, 0.717) is 13.0 Å². The Kier molecular flexibility index (Phi) is 3.16. The molecule has 2 rings (SSSR count). The minimum atomic E-state index is -0.723. The Morgan fingerprint density at radius 3 is 2.47 bits per heavy atom. The maximum Gasteiger partial charge on any atom is 0.314 e. The molecule has 17 heavy (non-hydrogen) atoms. The zero-order valence-electron chi connectivity index (χ0n) is 9.57. The lowest BCUT2D eigenvalue weighted by Gasteiger charge is -2.09. The summed E-state index contributed by atoms with van der Waals surface area (Å²) in [6.45, 7) is 0.563. The third-order valence-electron chi connectivity index (χ3n) is 3.10. The van der Waals surface area contributed by atoms with E-state index in [1.807, 2.05) is 24.3 Å². The predicted molar refractivity (Wildman–Crippen MR) is 65.5 cm³/mol. The van der Waals surface area contributed by atoms with Crippen LogP contribution in [0.25, 0.3) is 0 Å². The average Bonchev–Trinajstić information content (AvgIpc) is 3.11. The maximum atomic E-state index is 11.1. The smallest absolute Gasteiger partial charge is 0.314 e. The first-order valence-corrected chi connectivity index (χ1v) is 5.72. The summed E-state index contributed by atoms with van der Waals surface area (Å²) in [4.78, 5) is 11.1. The molecule has 88 valence electrons. The van der Waals surface area contributed by atoms with Crippen molar-refractivity contribution >= 4 is 5.97 Å². The molecule has 1 saturated carbocycles. The summed E-state index contributed by atoms with van der Waals surface area (Å²) >= 11 is 0. The Hall–Kier alpha value is -1.79. The van der Waals surface area contributed by atoms with Gasteiger partial charge in [0.25, 0.3) is 0 Å². The van der Waals surface area contributed by atoms with Crippen LogP contribution in [-0.4, -0.2) is 17.6 Å². The fourth-order valence-electron chi connectivity index (χ4n) is 1.86. The molecule has 0 amide bonds. The minimum Gasteiger partial charge on any atom is -0.481 e. The molecule has 0 radical (unpaired) electrons. The van der Waals surface area contributed by atoms with Gasteiger partial charge in [-0.25, -0.2) is 0 Å². The first-order valence-electron chi connectivity index (χ1n) is 5.72. The van der Waals surface area contributed by atoms with Gasteiger partial charge in [-0.1, -0.05) is 24.0 Å². The van der Waals surface area contributed by atoms with Crippen LogP contribution in [-0.2, 0) is 10.2 Å². The molecule has 0 bridgehead atoms. The van der Waals surface area contributed by atoms with Crippen molar-refractivity contribution in [3.8, 4) is 11.8 Å². The number of carboxylic acids is 1. The zero-order valence-corrected chi connectivity index (χ0v) is 9.57. The highest BCUT2D eigenvalue weighted by molar-refractivity contribution is 5.84. The van der Waals surface area contributed by atoms with Gasteiger partial charge in [0.05, 0.1) is 5.41 Å². The van der Waals surface area contributed by atoms with Gasteiger partial charge in [0, 0.05) is 18.5 Å². The van der Waals surface area contributed by atoms with Crippen LogP contribution in [0.2, 0.25) is 0 Å². The molecule has 0 atom stereocenters. The number of rotatable bonds is 3. The lowest BCUT2D eigenvalue weighted by Crippen LogP contribution is -2.19. The number of aliphatic carboxylic acids is 1. The minimum absolute atomic E-state index is 0.563. The summed E-state index contributed by atoms with van der Waals surface area (Å²) in [5.41, 5.74) is 6.52. The predicted octanol–water partition coefficient (Wildman–Crippen LogP) is 1.50. The second-order valence-electron chi connectivity index (χ2n) is 4.31. The SMILES string of the molecule is NCCC#Cc1ccc(C2(C(=O)O)CC2)cc1. The molecular formula is C14H15NO2. The van der Waals surface area contributed by atoms with E-state index in [2.05, 4.69) is 11.8 Å². The monoisotopic (exact) mass is 229 g/mol. The van der Waals surface area contributed by atoms with E-state index in [4.69, 9.17) is 10.8 Å². The van der Waals surface area contributed by atoms with Gasteiger partial charge < -0.3 is 10.8 Å². The van der Waals surface area contributed by atoms with Gasteiger partial charge in [-0.05, 0) is 30.5 Å². The third-order valence-corrected chi connectivity index (χ3v) is 3.10. The fourth-order valence-corrected chi connectivity index (χ4v) is 1.86. The van der Waals surface area contributed by atoms with Crippen LogP contribution in [0.4, 0.5) is 0 Å². The van der Waals surface area contributed by atoms with Crippen LogP contribution in [0.3, 0.4) is 0 Å². The van der Waals surface area contributed by atoms with E-state index in [9.17, 15) is 4.79 Å². The summed E-state index contributed by atoms with van der Waals surface area (Å²) in [5.74, 6) is 5.23. The van der Waals surface area contributed by atoms with Gasteiger partial charge in [-0.15, -0.1) is 0 Å². The first-order chi connectivity index (χ1) is 8.19. The molecule has 1 aliphatic carbocycles. The van der Waals surface area contributed by atoms with Crippen LogP contribution in [0.1, 0.15) is 30.4 Å². The molecule has 3 N–H and O–H groups in total. The summed E-state index contributed by atoms with van der Waals surface area (Å²) < 4.78 is 0. The van der Waals surface area contributed by atoms with Gasteiger partial charge in [0.1, 0.15) is 0 Å². The van der Waals surface area contributed by atoms with Crippen molar-refractivity contribution < 1.29 is 9.90 Å². The van der Waals surface area contributed by atoms with E-state index in [1.54, 1.807) is 0 Å². The molecule has 1 aromatic carbocycles. The number of carboxylic acid groups (broad SMARTS) is 1. The Bertz CT molecular complexity index is 475. The average molecular weight is 229 g/mol. The molecular weight excluding hydrogens is 214 g/mol. The molecule has 1 aliphatic rings. The van der Waals surface area contributed by atoms with Crippen molar-refractivity contribution in [2.24, 2.45) is 5.73 Å². The summed E-state index contributed by atoms with van der Waals surface area (Å²) in [6, 6.07) is 7.49. The second-order valence-corrected chi connectivity index (χ2v) is 4.31. The van der Waals surface area contributed by atoms with Crippen molar-refractivity contribution in [2.75, 3.05) is 6.54 Å². The Morgan fingerprint density at radius 2 is 2.00 bits per heavy atom. The van der Waals surface area contributed by atoms with Crippen LogP contribution < -0.4 is 5.73 Å². The molecule has 3 nitrogen and oxygen atoms in total. The fraction of sp³-hybridized carbons (Fsp3) is 0.357. The van der Waals surface area contributed by atoms with Crippen LogP contribution in [0.15, 0.2) is 24.3 Å². The van der Waals surface area contributed by atoms with Gasteiger partial charge in [0.15, 0.2) is 0 Å². The van der Waals surface area contributed by atoms with Crippen LogP contribution >= 0.6 is 0 Å². The van der Waals surface area contributed by atoms with Crippen molar-refractivity contribution in [1.29, 1.82) is 0 Å². The largest absolute Gasteiger partial charge is 0.481 e. The Morgan fingerprint density at radius 1 is 1.35 bits per heavy atom. The number of benzene rings is 1. The molecule has 0 aliphatic heterocycles. The summed E-state index contributed by atoms with van der Waals surface area (Å²) in [7, 11) is 0. The highest BCUT2D eigenvalue weighted by Crippen LogP contribution is 2.48. The van der Waals surface area contributed by atoms with Crippen LogP contribution in [0.5, 0.6) is 0 Å². The first kappa shape index (κ1) is 11.7. The lowest BCUT2D eigenvalue weighted by atomic mass is 9.95. The Balaban J connectivity index is 2.15. The highest BCUT2D eigenvalue weighted by atomic mass is 16.4. The molecule has 3 heteroatoms. The number of hydrogen-bond acceptors (Lipinski definition) is 2. The zero-order chi connectivity index (χ0) is 12.3. The molecule has 0 heterocycles. The number of nitrogens with two attached hydrogens (primary N) is 1. The standard InChI is InChI=1S/C14H15NO2/c15-10-2-1-3-11-4-6-12(7-5-11)14(8-9-14)13(16)17/h4-7H,2,8-10,15H2,(H,16,17). The molecule has 0 saturated heterocycles. The van der Waals surface area contributed by atoms with Crippen molar-refractivity contribution in [1.82, 2.24) is 0 Å². The Labute approximate surface area is 101 Å². The maximum absolute atomic E-state index is 11.1. The topological polar surface area (TPSA) is 63.3 Å². The van der Waals surface area contributed by atoms with E-state index < -0.39 is 11.4 Å². The van der Waals surface area contributed by atoms with Gasteiger partial charge in [-0.2, -0.15) is 0 Å². The van der Waals surface area contributed by atoms with E-state index in [1.165, 1.54) is 0 Å². The normalized spacial score (nSPS) is 15.8. The molecule has 0 aromatic heterocycles. The van der Waals surface area contributed by atoms with Crippen LogP contribution in [0, 0.1) is 11.8 Å². The van der Waals surface area contributed by atoms with Gasteiger partial charge in [0.2, 0.25) is 0 Å². The molecule has 0 unspecified atom stereocenters. The quantitative estimate of drug-likeness (QED) is 0.772. The van der Waals surface area contributed by atoms with E-state index >= 15 is 0 Å². The van der Waals surface area contributed by atoms with Gasteiger partial charge >= 0.3 is 5.97 Å². The molecule has 1 aromatic rings. The second kappa shape index (κ2) is 4.60. The van der Waals surface area contributed by atoms with E-state index in [-0.39, 0.29) is 0 Å². The number of hydrogen-bond donors (Lipinski definition) is 2. The van der Waals surface area contributed by atoms with Crippen molar-refractivity contribution in [3.63, 3.8) is 0 Å². The van der Waals surface area contributed by atoms with Crippen molar-refractivity contribution in [2.45, 2.75) is 24.7 Å². The van der Waals surface area contributed by atoms with Crippen molar-refractivity contribution in [3.05, 3.63) is 35.4 Å². The van der Waals surface area contributed by atoms with E-state index in [0.717, 1.165) is 24.0 Å². The lowest BCUT2D eigenvalue weighted by molar-refractivity contribution is -0.140. The molecule has 1 fully saturated rings. The highest BCUT2D eigenvalue weighted by Gasteiger charge is 2.51. The van der Waals surface area contributed by atoms with Gasteiger partial charge in [-0.3, -0.25) is 4.79 Å². The summed E-state index contributed by atoms with van der Waals surface area (Å²) in [6.07, 6.45) is 2.15. The summed E-state index contributed by atoms with van der Waals surface area (Å²) in [5, 5.41) is 9.16. The third kappa shape index (κ3) is 2.32.